The van der Waals surface area contributed by atoms with E-state index < -0.39 is 22.5 Å². The number of benzene rings is 3. The van der Waals surface area contributed by atoms with Crippen molar-refractivity contribution in [3.8, 4) is 5.69 Å². The highest BCUT2D eigenvalue weighted by Gasteiger charge is 2.28. The molecule has 0 bridgehead atoms. The van der Waals surface area contributed by atoms with Crippen LogP contribution in [0.5, 0.6) is 0 Å². The summed E-state index contributed by atoms with van der Waals surface area (Å²) in [5.41, 5.74) is 7.19. The van der Waals surface area contributed by atoms with Crippen molar-refractivity contribution in [3.63, 3.8) is 0 Å². The number of aryl methyl sites for hydroxylation is 2. The van der Waals surface area contributed by atoms with E-state index in [-0.39, 0.29) is 4.90 Å². The van der Waals surface area contributed by atoms with Crippen molar-refractivity contribution in [2.45, 2.75) is 25.7 Å². The number of sulfonamides is 1. The van der Waals surface area contributed by atoms with Crippen molar-refractivity contribution in [1.82, 2.24) is 9.99 Å². The molecule has 1 heterocycles. The Balaban J connectivity index is 1.58. The van der Waals surface area contributed by atoms with E-state index in [9.17, 15) is 13.2 Å². The van der Waals surface area contributed by atoms with Gasteiger partial charge < -0.3 is 4.57 Å². The summed E-state index contributed by atoms with van der Waals surface area (Å²) in [6, 6.07) is 22.7. The third-order valence-corrected chi connectivity index (χ3v) is 8.69. The van der Waals surface area contributed by atoms with Gasteiger partial charge in [0.2, 0.25) is 0 Å². The van der Waals surface area contributed by atoms with E-state index in [2.05, 4.69) is 31.0 Å². The van der Waals surface area contributed by atoms with Crippen LogP contribution in [0.25, 0.3) is 5.69 Å². The Morgan fingerprint density at radius 2 is 1.71 bits per heavy atom. The molecular weight excluding hydrogens is 588 g/mol. The summed E-state index contributed by atoms with van der Waals surface area (Å²) < 4.78 is 31.2. The van der Waals surface area contributed by atoms with Gasteiger partial charge in [-0.05, 0) is 84.7 Å². The number of anilines is 1. The first-order chi connectivity index (χ1) is 18.1. The van der Waals surface area contributed by atoms with Gasteiger partial charge in [-0.1, -0.05) is 48.0 Å². The number of halogens is 2. The molecule has 0 atom stereocenters. The smallest absolute Gasteiger partial charge is 0.264 e. The average molecular weight is 614 g/mol. The van der Waals surface area contributed by atoms with Gasteiger partial charge in [-0.15, -0.1) is 0 Å². The molecule has 38 heavy (non-hydrogen) atoms. The highest BCUT2D eigenvalue weighted by atomic mass is 79.9. The highest BCUT2D eigenvalue weighted by Crippen LogP contribution is 2.29. The number of carbonyl (C=O) groups excluding carboxylic acids is 1. The molecule has 0 aliphatic heterocycles. The summed E-state index contributed by atoms with van der Waals surface area (Å²) in [6.07, 6.45) is 1.55. The molecule has 7 nitrogen and oxygen atoms in total. The Labute approximate surface area is 235 Å². The minimum absolute atomic E-state index is 0.0650. The number of para-hydroxylation sites is 1. The molecule has 3 aromatic carbocycles. The molecule has 4 aromatic rings. The lowest BCUT2D eigenvalue weighted by Crippen LogP contribution is -2.40. The van der Waals surface area contributed by atoms with E-state index in [4.69, 9.17) is 11.6 Å². The van der Waals surface area contributed by atoms with Crippen molar-refractivity contribution in [2.24, 2.45) is 5.10 Å². The predicted molar refractivity (Wildman–Crippen MR) is 156 cm³/mol. The fourth-order valence-corrected chi connectivity index (χ4v) is 6.26. The SMILES string of the molecule is Cc1ccc(Cl)cc1N(CC(=O)N/N=C\c1cc(C)n(-c2ccccc2Br)c1C)S(=O)(=O)c1ccccc1. The molecule has 0 spiro atoms. The van der Waals surface area contributed by atoms with E-state index in [0.29, 0.717) is 16.3 Å². The zero-order valence-corrected chi connectivity index (χ0v) is 24.2. The monoisotopic (exact) mass is 612 g/mol. The number of hydrogen-bond acceptors (Lipinski definition) is 4. The molecule has 0 radical (unpaired) electrons. The molecular formula is C28H26BrClN4O3S. The zero-order valence-electron chi connectivity index (χ0n) is 21.0. The summed E-state index contributed by atoms with van der Waals surface area (Å²) in [7, 11) is -4.06. The molecule has 196 valence electrons. The minimum atomic E-state index is -4.06. The van der Waals surface area contributed by atoms with Crippen LogP contribution in [-0.4, -0.2) is 31.7 Å². The van der Waals surface area contributed by atoms with Gasteiger partial charge in [-0.2, -0.15) is 5.10 Å². The number of nitrogens with zero attached hydrogens (tertiary/aromatic N) is 3. The fraction of sp³-hybridized carbons (Fsp3) is 0.143. The van der Waals surface area contributed by atoms with E-state index in [0.717, 1.165) is 31.4 Å². The summed E-state index contributed by atoms with van der Waals surface area (Å²) in [5, 5.41) is 4.48. The lowest BCUT2D eigenvalue weighted by Gasteiger charge is -2.25. The van der Waals surface area contributed by atoms with Crippen LogP contribution in [0.15, 0.2) is 93.3 Å². The Hall–Kier alpha value is -3.40. The van der Waals surface area contributed by atoms with Gasteiger partial charge in [0.05, 0.1) is 22.5 Å². The largest absolute Gasteiger partial charge is 0.317 e. The highest BCUT2D eigenvalue weighted by molar-refractivity contribution is 9.10. The van der Waals surface area contributed by atoms with Crippen LogP contribution in [0.1, 0.15) is 22.5 Å². The van der Waals surface area contributed by atoms with Crippen LogP contribution in [0.4, 0.5) is 5.69 Å². The maximum atomic E-state index is 13.5. The van der Waals surface area contributed by atoms with Gasteiger partial charge in [0.1, 0.15) is 6.54 Å². The quantitative estimate of drug-likeness (QED) is 0.191. The third-order valence-electron chi connectivity index (χ3n) is 6.01. The van der Waals surface area contributed by atoms with Gasteiger partial charge in [-0.3, -0.25) is 9.10 Å². The number of hydrazone groups is 1. The summed E-state index contributed by atoms with van der Waals surface area (Å²) >= 11 is 9.77. The number of amides is 1. The standard InChI is InChI=1S/C28H26BrClN4O3S/c1-19-13-14-23(30)16-27(19)33(38(36,37)24-9-5-4-6-10-24)18-28(35)32-31-17-22-15-20(2)34(21(22)3)26-12-8-7-11-25(26)29/h4-17H,18H2,1-3H3,(H,32,35)/b31-17-. The second kappa shape index (κ2) is 11.6. The molecule has 0 fully saturated rings. The zero-order chi connectivity index (χ0) is 27.4. The van der Waals surface area contributed by atoms with E-state index in [1.165, 1.54) is 18.2 Å². The van der Waals surface area contributed by atoms with Crippen LogP contribution < -0.4 is 9.73 Å². The lowest BCUT2D eigenvalue weighted by molar-refractivity contribution is -0.119. The van der Waals surface area contributed by atoms with Gasteiger partial charge in [0.15, 0.2) is 0 Å². The summed E-state index contributed by atoms with van der Waals surface area (Å²) in [5.74, 6) is -0.597. The normalized spacial score (nSPS) is 11.6. The van der Waals surface area contributed by atoms with Crippen molar-refractivity contribution in [2.75, 3.05) is 10.8 Å². The molecule has 1 N–H and O–H groups in total. The Kier molecular flexibility index (Phi) is 8.40. The van der Waals surface area contributed by atoms with E-state index in [1.807, 2.05) is 44.2 Å². The average Bonchev–Trinajstić information content (AvgIpc) is 3.17. The predicted octanol–water partition coefficient (Wildman–Crippen LogP) is 6.16. The summed E-state index contributed by atoms with van der Waals surface area (Å²) in [6.45, 7) is 5.23. The Bertz CT molecular complexity index is 1620. The molecule has 1 aromatic heterocycles. The number of hydrogen-bond donors (Lipinski definition) is 1. The van der Waals surface area contributed by atoms with Crippen LogP contribution in [-0.2, 0) is 14.8 Å². The van der Waals surface area contributed by atoms with Crippen LogP contribution in [0.2, 0.25) is 5.02 Å². The molecule has 0 saturated carbocycles. The van der Waals surface area contributed by atoms with Gasteiger partial charge >= 0.3 is 0 Å². The number of aromatic nitrogens is 1. The molecule has 0 unspecified atom stereocenters. The number of rotatable bonds is 8. The Morgan fingerprint density at radius 3 is 2.42 bits per heavy atom. The maximum Gasteiger partial charge on any atom is 0.264 e. The van der Waals surface area contributed by atoms with Crippen LogP contribution in [0.3, 0.4) is 0 Å². The van der Waals surface area contributed by atoms with E-state index in [1.54, 1.807) is 43.5 Å². The summed E-state index contributed by atoms with van der Waals surface area (Å²) in [4.78, 5) is 13.0. The van der Waals surface area contributed by atoms with Gasteiger partial charge in [-0.25, -0.2) is 13.8 Å². The van der Waals surface area contributed by atoms with E-state index >= 15 is 0 Å². The second-order valence-electron chi connectivity index (χ2n) is 8.66. The third kappa shape index (κ3) is 5.85. The number of carbonyl (C=O) groups is 1. The van der Waals surface area contributed by atoms with Crippen LogP contribution in [0, 0.1) is 20.8 Å². The first kappa shape index (κ1) is 27.6. The van der Waals surface area contributed by atoms with Crippen LogP contribution >= 0.6 is 27.5 Å². The fourth-order valence-electron chi connectivity index (χ4n) is 4.13. The molecule has 4 rings (SSSR count). The molecule has 0 aliphatic rings. The first-order valence-corrected chi connectivity index (χ1v) is 14.3. The van der Waals surface area contributed by atoms with Gasteiger partial charge in [0, 0.05) is 26.4 Å². The second-order valence-corrected chi connectivity index (χ2v) is 11.8. The maximum absolute atomic E-state index is 13.5. The Morgan fingerprint density at radius 1 is 1.03 bits per heavy atom. The first-order valence-electron chi connectivity index (χ1n) is 11.7. The van der Waals surface area contributed by atoms with Gasteiger partial charge in [0.25, 0.3) is 15.9 Å². The van der Waals surface area contributed by atoms with Crippen molar-refractivity contribution < 1.29 is 13.2 Å². The molecule has 10 heteroatoms. The minimum Gasteiger partial charge on any atom is -0.317 e. The topological polar surface area (TPSA) is 83.8 Å². The lowest BCUT2D eigenvalue weighted by atomic mass is 10.2. The van der Waals surface area contributed by atoms with Crippen molar-refractivity contribution >= 4 is 55.4 Å². The van der Waals surface area contributed by atoms with Crippen molar-refractivity contribution in [1.29, 1.82) is 0 Å². The molecule has 0 aliphatic carbocycles. The molecule has 0 saturated heterocycles. The van der Waals surface area contributed by atoms with Crippen molar-refractivity contribution in [3.05, 3.63) is 111 Å². The number of nitrogens with one attached hydrogen (secondary N) is 1. The molecule has 1 amide bonds.